The minimum absolute atomic E-state index is 0.0634. The van der Waals surface area contributed by atoms with Crippen molar-refractivity contribution in [3.05, 3.63) is 59.9 Å². The van der Waals surface area contributed by atoms with Crippen molar-refractivity contribution < 1.29 is 19.1 Å². The van der Waals surface area contributed by atoms with Crippen LogP contribution in [0.25, 0.3) is 15.2 Å². The van der Waals surface area contributed by atoms with Crippen LogP contribution in [0.15, 0.2) is 48.7 Å². The molecule has 0 bridgehead atoms. The highest BCUT2D eigenvalue weighted by molar-refractivity contribution is 7.23. The van der Waals surface area contributed by atoms with Gasteiger partial charge in [-0.3, -0.25) is 14.0 Å². The zero-order chi connectivity index (χ0) is 21.7. The van der Waals surface area contributed by atoms with Gasteiger partial charge in [-0.15, -0.1) is 0 Å². The number of amides is 2. The van der Waals surface area contributed by atoms with Gasteiger partial charge in [0.1, 0.15) is 5.69 Å². The summed E-state index contributed by atoms with van der Waals surface area (Å²) in [6, 6.07) is 13.3. The number of aromatic nitrogens is 2. The van der Waals surface area contributed by atoms with Gasteiger partial charge < -0.3 is 19.3 Å². The highest BCUT2D eigenvalue weighted by atomic mass is 32.1. The molecule has 2 aliphatic heterocycles. The number of hydrogen-bond donors (Lipinski definition) is 0. The van der Waals surface area contributed by atoms with Gasteiger partial charge >= 0.3 is 0 Å². The van der Waals surface area contributed by atoms with E-state index in [1.54, 1.807) is 39.3 Å². The molecule has 4 heterocycles. The maximum absolute atomic E-state index is 13.2. The normalized spacial score (nSPS) is 16.0. The first-order valence-corrected chi connectivity index (χ1v) is 11.3. The number of ether oxygens (including phenoxy) is 2. The van der Waals surface area contributed by atoms with Crippen molar-refractivity contribution in [1.82, 2.24) is 19.2 Å². The molecule has 0 radical (unpaired) electrons. The molecule has 0 N–H and O–H groups in total. The van der Waals surface area contributed by atoms with Crippen LogP contribution in [-0.4, -0.2) is 64.0 Å². The summed E-state index contributed by atoms with van der Waals surface area (Å²) in [5.74, 6) is 1.09. The zero-order valence-corrected chi connectivity index (χ0v) is 18.0. The van der Waals surface area contributed by atoms with Crippen molar-refractivity contribution in [3.63, 3.8) is 0 Å². The van der Waals surface area contributed by atoms with Crippen LogP contribution in [0.5, 0.6) is 11.5 Å². The van der Waals surface area contributed by atoms with E-state index < -0.39 is 0 Å². The standard InChI is InChI=1S/C23H20N4O4S/c28-21(15-6-7-18-19(12-15)31-14-30-18)25-8-3-9-26(11-10-25)22(29)16-13-27-17-4-1-2-5-20(17)32-23(27)24-16/h1-2,4-7,12-13H,3,8-11,14H2. The van der Waals surface area contributed by atoms with Crippen molar-refractivity contribution in [1.29, 1.82) is 0 Å². The smallest absolute Gasteiger partial charge is 0.274 e. The zero-order valence-electron chi connectivity index (χ0n) is 17.2. The van der Waals surface area contributed by atoms with Crippen molar-refractivity contribution in [2.45, 2.75) is 6.42 Å². The maximum atomic E-state index is 13.2. The van der Waals surface area contributed by atoms with E-state index >= 15 is 0 Å². The van der Waals surface area contributed by atoms with Crippen LogP contribution in [0.1, 0.15) is 27.3 Å². The number of nitrogens with zero attached hydrogens (tertiary/aromatic N) is 4. The molecular formula is C23H20N4O4S. The SMILES string of the molecule is O=C(c1ccc2c(c1)OCO2)N1CCCN(C(=O)c2cn3c(n2)sc2ccccc23)CC1. The van der Waals surface area contributed by atoms with E-state index in [0.29, 0.717) is 55.4 Å². The van der Waals surface area contributed by atoms with Crippen LogP contribution in [0.3, 0.4) is 0 Å². The van der Waals surface area contributed by atoms with Crippen molar-refractivity contribution in [2.24, 2.45) is 0 Å². The summed E-state index contributed by atoms with van der Waals surface area (Å²) in [4.78, 5) is 35.1. The molecule has 2 aliphatic rings. The molecule has 8 nitrogen and oxygen atoms in total. The number of thiazole rings is 1. The summed E-state index contributed by atoms with van der Waals surface area (Å²) < 4.78 is 13.8. The Morgan fingerprint density at radius 2 is 1.69 bits per heavy atom. The third kappa shape index (κ3) is 3.16. The largest absolute Gasteiger partial charge is 0.454 e. The molecule has 2 amide bonds. The van der Waals surface area contributed by atoms with Gasteiger partial charge in [0.25, 0.3) is 11.8 Å². The van der Waals surface area contributed by atoms with Crippen molar-refractivity contribution >= 4 is 38.3 Å². The van der Waals surface area contributed by atoms with E-state index in [1.807, 2.05) is 28.8 Å². The van der Waals surface area contributed by atoms with Gasteiger partial charge in [0.05, 0.1) is 10.2 Å². The quantitative estimate of drug-likeness (QED) is 0.471. The Labute approximate surface area is 187 Å². The van der Waals surface area contributed by atoms with E-state index in [4.69, 9.17) is 9.47 Å². The Balaban J connectivity index is 1.18. The van der Waals surface area contributed by atoms with E-state index in [1.165, 1.54) is 0 Å². The Morgan fingerprint density at radius 3 is 2.56 bits per heavy atom. The van der Waals surface area contributed by atoms with Crippen molar-refractivity contribution in [3.8, 4) is 11.5 Å². The lowest BCUT2D eigenvalue weighted by atomic mass is 10.1. The fourth-order valence-electron chi connectivity index (χ4n) is 4.25. The molecule has 2 aromatic carbocycles. The molecule has 0 spiro atoms. The van der Waals surface area contributed by atoms with Gasteiger partial charge in [0.2, 0.25) is 6.79 Å². The first-order chi connectivity index (χ1) is 15.7. The molecule has 2 aromatic heterocycles. The first kappa shape index (κ1) is 19.1. The summed E-state index contributed by atoms with van der Waals surface area (Å²) in [6.45, 7) is 2.32. The second kappa shape index (κ2) is 7.52. The summed E-state index contributed by atoms with van der Waals surface area (Å²) >= 11 is 1.57. The van der Waals surface area contributed by atoms with Gasteiger partial charge in [0, 0.05) is 37.9 Å². The van der Waals surface area contributed by atoms with E-state index in [0.717, 1.165) is 15.2 Å². The van der Waals surface area contributed by atoms with Crippen LogP contribution in [0.4, 0.5) is 0 Å². The maximum Gasteiger partial charge on any atom is 0.274 e. The number of benzene rings is 2. The number of fused-ring (bicyclic) bond motifs is 4. The molecule has 0 aliphatic carbocycles. The minimum Gasteiger partial charge on any atom is -0.454 e. The van der Waals surface area contributed by atoms with Gasteiger partial charge in [0.15, 0.2) is 16.5 Å². The average Bonchev–Trinajstić information content (AvgIpc) is 3.47. The topological polar surface area (TPSA) is 76.4 Å². The third-order valence-corrected chi connectivity index (χ3v) is 6.94. The summed E-state index contributed by atoms with van der Waals surface area (Å²) in [6.07, 6.45) is 2.53. The Morgan fingerprint density at radius 1 is 0.906 bits per heavy atom. The van der Waals surface area contributed by atoms with Crippen molar-refractivity contribution in [2.75, 3.05) is 33.0 Å². The number of hydrogen-bond acceptors (Lipinski definition) is 6. The lowest BCUT2D eigenvalue weighted by Gasteiger charge is -2.22. The van der Waals surface area contributed by atoms with Crippen LogP contribution in [0.2, 0.25) is 0 Å². The fraction of sp³-hybridized carbons (Fsp3) is 0.261. The van der Waals surface area contributed by atoms with Crippen LogP contribution < -0.4 is 9.47 Å². The molecule has 1 saturated heterocycles. The van der Waals surface area contributed by atoms with Gasteiger partial charge in [-0.1, -0.05) is 23.5 Å². The molecule has 6 rings (SSSR count). The molecule has 0 unspecified atom stereocenters. The lowest BCUT2D eigenvalue weighted by Crippen LogP contribution is -2.37. The van der Waals surface area contributed by atoms with E-state index in [-0.39, 0.29) is 18.6 Å². The van der Waals surface area contributed by atoms with Crippen LogP contribution in [-0.2, 0) is 0 Å². The second-order valence-electron chi connectivity index (χ2n) is 7.85. The van der Waals surface area contributed by atoms with E-state index in [9.17, 15) is 9.59 Å². The van der Waals surface area contributed by atoms with Gasteiger partial charge in [-0.25, -0.2) is 4.98 Å². The molecule has 0 atom stereocenters. The fourth-order valence-corrected chi connectivity index (χ4v) is 5.26. The summed E-state index contributed by atoms with van der Waals surface area (Å²) in [5.41, 5.74) is 2.06. The van der Waals surface area contributed by atoms with E-state index in [2.05, 4.69) is 11.1 Å². The number of rotatable bonds is 2. The average molecular weight is 449 g/mol. The van der Waals surface area contributed by atoms with Gasteiger partial charge in [-0.05, 0) is 36.8 Å². The molecule has 4 aromatic rings. The molecular weight excluding hydrogens is 428 g/mol. The number of para-hydroxylation sites is 1. The molecule has 162 valence electrons. The predicted octanol–water partition coefficient (Wildman–Crippen LogP) is 3.27. The second-order valence-corrected chi connectivity index (χ2v) is 8.86. The highest BCUT2D eigenvalue weighted by Gasteiger charge is 2.26. The number of imidazole rings is 1. The minimum atomic E-state index is -0.0950. The summed E-state index contributed by atoms with van der Waals surface area (Å²) in [7, 11) is 0. The Kier molecular flexibility index (Phi) is 4.50. The molecule has 9 heteroatoms. The molecule has 0 saturated carbocycles. The molecule has 32 heavy (non-hydrogen) atoms. The predicted molar refractivity (Wildman–Crippen MR) is 120 cm³/mol. The third-order valence-electron chi connectivity index (χ3n) is 5.91. The highest BCUT2D eigenvalue weighted by Crippen LogP contribution is 2.33. The van der Waals surface area contributed by atoms with Gasteiger partial charge in [-0.2, -0.15) is 0 Å². The monoisotopic (exact) mass is 448 g/mol. The lowest BCUT2D eigenvalue weighted by molar-refractivity contribution is 0.0716. The van der Waals surface area contributed by atoms with Crippen LogP contribution in [0, 0.1) is 0 Å². The Hall–Kier alpha value is -3.59. The first-order valence-electron chi connectivity index (χ1n) is 10.5. The number of carbonyl (C=O) groups is 2. The Bertz CT molecular complexity index is 1360. The number of carbonyl (C=O) groups excluding carboxylic acids is 2. The summed E-state index contributed by atoms with van der Waals surface area (Å²) in [5, 5.41) is 0. The molecule has 1 fully saturated rings. The van der Waals surface area contributed by atoms with Crippen LogP contribution >= 0.6 is 11.3 Å².